The van der Waals surface area contributed by atoms with Gasteiger partial charge in [0.25, 0.3) is 0 Å². The van der Waals surface area contributed by atoms with Gasteiger partial charge in [-0.05, 0) is 12.8 Å². The Bertz CT molecular complexity index is 126. The Hall–Kier alpha value is -0.840. The molecule has 0 aromatic carbocycles. The van der Waals surface area contributed by atoms with Crippen LogP contribution in [0.1, 0.15) is 32.6 Å². The summed E-state index contributed by atoms with van der Waals surface area (Å²) in [5, 5.41) is 2.97. The predicted molar refractivity (Wildman–Crippen MR) is 42.6 cm³/mol. The van der Waals surface area contributed by atoms with Crippen LogP contribution in [0.3, 0.4) is 0 Å². The molecule has 0 aliphatic carbocycles. The first kappa shape index (κ1) is 9.16. The third-order valence-electron chi connectivity index (χ3n) is 1.39. The average molecular weight is 139 g/mol. The number of hydrogen-bond donors (Lipinski definition) is 0. The molecule has 0 rings (SSSR count). The largest absolute Gasteiger partial charge is 0.151 e. The van der Waals surface area contributed by atoms with Gasteiger partial charge in [-0.15, -0.1) is 12.3 Å². The predicted octanol–water partition coefficient (Wildman–Crippen LogP) is 2.33. The van der Waals surface area contributed by atoms with Gasteiger partial charge in [0.1, 0.15) is 0 Å². The molecule has 0 spiro atoms. The van der Waals surface area contributed by atoms with E-state index in [1.807, 2.05) is 6.92 Å². The molecule has 2 heteroatoms. The van der Waals surface area contributed by atoms with Crippen molar-refractivity contribution in [1.82, 2.24) is 0 Å². The lowest BCUT2D eigenvalue weighted by Crippen LogP contribution is -2.01. The second kappa shape index (κ2) is 6.28. The molecule has 0 aromatic rings. The lowest BCUT2D eigenvalue weighted by molar-refractivity contribution is 0.568. The van der Waals surface area contributed by atoms with Gasteiger partial charge in [0.2, 0.25) is 0 Å². The zero-order valence-electron chi connectivity index (χ0n) is 6.34. The van der Waals surface area contributed by atoms with Crippen molar-refractivity contribution in [2.24, 2.45) is 5.18 Å². The average Bonchev–Trinajstić information content (AvgIpc) is 1.98. The molecule has 10 heavy (non-hydrogen) atoms. The van der Waals surface area contributed by atoms with Crippen molar-refractivity contribution in [2.45, 2.75) is 38.6 Å². The highest BCUT2D eigenvalue weighted by atomic mass is 16.3. The zero-order chi connectivity index (χ0) is 7.82. The Morgan fingerprint density at radius 3 is 2.70 bits per heavy atom. The van der Waals surface area contributed by atoms with Crippen LogP contribution in [0, 0.1) is 17.3 Å². The Balaban J connectivity index is 3.41. The number of terminal acetylenes is 1. The fourth-order valence-corrected chi connectivity index (χ4v) is 0.833. The normalized spacial score (nSPS) is 12.0. The van der Waals surface area contributed by atoms with Gasteiger partial charge in [0.15, 0.2) is 0 Å². The van der Waals surface area contributed by atoms with Gasteiger partial charge in [-0.25, -0.2) is 0 Å². The van der Waals surface area contributed by atoms with Crippen molar-refractivity contribution >= 4 is 0 Å². The molecule has 0 fully saturated rings. The lowest BCUT2D eigenvalue weighted by Gasteiger charge is -2.02. The molecule has 0 aliphatic heterocycles. The smallest absolute Gasteiger partial charge is 0.0928 e. The second-order valence-electron chi connectivity index (χ2n) is 2.29. The molecule has 56 valence electrons. The highest BCUT2D eigenvalue weighted by Gasteiger charge is 2.04. The van der Waals surface area contributed by atoms with E-state index < -0.39 is 0 Å². The van der Waals surface area contributed by atoms with Gasteiger partial charge in [-0.2, -0.15) is 4.91 Å². The molecular formula is C8H13NO. The summed E-state index contributed by atoms with van der Waals surface area (Å²) >= 11 is 0. The highest BCUT2D eigenvalue weighted by Crippen LogP contribution is 2.07. The first-order chi connectivity index (χ1) is 4.85. The van der Waals surface area contributed by atoms with E-state index in [9.17, 15) is 4.91 Å². The van der Waals surface area contributed by atoms with Crippen molar-refractivity contribution in [3.63, 3.8) is 0 Å². The molecule has 1 atom stereocenters. The van der Waals surface area contributed by atoms with Crippen LogP contribution in [0.4, 0.5) is 0 Å². The standard InChI is InChI=1S/C8H13NO/c1-3-5-7-8(9-10)6-4-2/h1,8H,4-7H2,2H3. The first-order valence-corrected chi connectivity index (χ1v) is 3.61. The van der Waals surface area contributed by atoms with Gasteiger partial charge < -0.3 is 0 Å². The van der Waals surface area contributed by atoms with Crippen molar-refractivity contribution in [2.75, 3.05) is 0 Å². The highest BCUT2D eigenvalue weighted by molar-refractivity contribution is 4.85. The zero-order valence-corrected chi connectivity index (χ0v) is 6.34. The Morgan fingerprint density at radius 2 is 2.30 bits per heavy atom. The number of nitrogens with zero attached hydrogens (tertiary/aromatic N) is 1. The maximum atomic E-state index is 10.1. The fourth-order valence-electron chi connectivity index (χ4n) is 0.833. The molecule has 1 unspecified atom stereocenters. The van der Waals surface area contributed by atoms with Gasteiger partial charge in [-0.3, -0.25) is 0 Å². The topological polar surface area (TPSA) is 29.4 Å². The van der Waals surface area contributed by atoms with E-state index in [0.717, 1.165) is 19.3 Å². The number of rotatable bonds is 5. The maximum Gasteiger partial charge on any atom is 0.0928 e. The molecule has 2 nitrogen and oxygen atoms in total. The van der Waals surface area contributed by atoms with E-state index in [2.05, 4.69) is 11.1 Å². The van der Waals surface area contributed by atoms with Crippen LogP contribution in [-0.2, 0) is 0 Å². The molecule has 0 saturated heterocycles. The van der Waals surface area contributed by atoms with Gasteiger partial charge in [0.05, 0.1) is 6.04 Å². The second-order valence-corrected chi connectivity index (χ2v) is 2.29. The van der Waals surface area contributed by atoms with Crippen molar-refractivity contribution in [3.05, 3.63) is 4.91 Å². The summed E-state index contributed by atoms with van der Waals surface area (Å²) in [7, 11) is 0. The summed E-state index contributed by atoms with van der Waals surface area (Å²) in [5.74, 6) is 2.49. The monoisotopic (exact) mass is 139 g/mol. The van der Waals surface area contributed by atoms with Crippen LogP contribution in [-0.4, -0.2) is 6.04 Å². The van der Waals surface area contributed by atoms with E-state index in [1.54, 1.807) is 0 Å². The Labute approximate surface area is 62.0 Å². The third kappa shape index (κ3) is 4.08. The summed E-state index contributed by atoms with van der Waals surface area (Å²) in [6.45, 7) is 2.04. The molecule has 0 aliphatic rings. The van der Waals surface area contributed by atoms with Crippen LogP contribution in [0.15, 0.2) is 5.18 Å². The van der Waals surface area contributed by atoms with Gasteiger partial charge in [-0.1, -0.05) is 18.5 Å². The van der Waals surface area contributed by atoms with Gasteiger partial charge >= 0.3 is 0 Å². The van der Waals surface area contributed by atoms with Crippen molar-refractivity contribution in [1.29, 1.82) is 0 Å². The molecule has 0 saturated carbocycles. The van der Waals surface area contributed by atoms with E-state index >= 15 is 0 Å². The molecule has 0 heterocycles. The van der Waals surface area contributed by atoms with Crippen LogP contribution < -0.4 is 0 Å². The fraction of sp³-hybridized carbons (Fsp3) is 0.750. The Morgan fingerprint density at radius 1 is 1.60 bits per heavy atom. The van der Waals surface area contributed by atoms with E-state index in [-0.39, 0.29) is 6.04 Å². The summed E-state index contributed by atoms with van der Waals surface area (Å²) < 4.78 is 0. The Kier molecular flexibility index (Phi) is 5.75. The van der Waals surface area contributed by atoms with E-state index in [1.165, 1.54) is 0 Å². The molecule has 0 amide bonds. The number of hydrogen-bond acceptors (Lipinski definition) is 2. The minimum absolute atomic E-state index is 0.0546. The lowest BCUT2D eigenvalue weighted by atomic mass is 10.1. The molecule has 0 N–H and O–H groups in total. The summed E-state index contributed by atoms with van der Waals surface area (Å²) in [4.78, 5) is 10.1. The van der Waals surface area contributed by atoms with Crippen molar-refractivity contribution < 1.29 is 0 Å². The van der Waals surface area contributed by atoms with Crippen LogP contribution in [0.2, 0.25) is 0 Å². The van der Waals surface area contributed by atoms with E-state index in [0.29, 0.717) is 6.42 Å². The third-order valence-corrected chi connectivity index (χ3v) is 1.39. The first-order valence-electron chi connectivity index (χ1n) is 3.61. The number of nitroso groups, excluding NO2 is 1. The van der Waals surface area contributed by atoms with Crippen LogP contribution >= 0.6 is 0 Å². The SMILES string of the molecule is C#CCCC(CCC)N=O. The summed E-state index contributed by atoms with van der Waals surface area (Å²) in [6, 6.07) is -0.0546. The summed E-state index contributed by atoms with van der Waals surface area (Å²) in [5.41, 5.74) is 0. The molecular weight excluding hydrogens is 126 g/mol. The maximum absolute atomic E-state index is 10.1. The van der Waals surface area contributed by atoms with Crippen LogP contribution in [0.5, 0.6) is 0 Å². The van der Waals surface area contributed by atoms with E-state index in [4.69, 9.17) is 6.42 Å². The molecule has 0 bridgehead atoms. The molecule has 0 aromatic heterocycles. The minimum atomic E-state index is -0.0546. The minimum Gasteiger partial charge on any atom is -0.151 e. The quantitative estimate of drug-likeness (QED) is 0.424. The van der Waals surface area contributed by atoms with Crippen molar-refractivity contribution in [3.8, 4) is 12.3 Å². The van der Waals surface area contributed by atoms with Crippen LogP contribution in [0.25, 0.3) is 0 Å². The molecule has 0 radical (unpaired) electrons. The summed E-state index contributed by atoms with van der Waals surface area (Å²) in [6.07, 6.45) is 8.31. The van der Waals surface area contributed by atoms with Gasteiger partial charge in [0, 0.05) is 6.42 Å².